The average Bonchev–Trinajstić information content (AvgIpc) is 3.37. The van der Waals surface area contributed by atoms with E-state index in [2.05, 4.69) is 10.2 Å². The predicted octanol–water partition coefficient (Wildman–Crippen LogP) is 8.57. The highest BCUT2D eigenvalue weighted by atomic mass is 35.5. The molecule has 5 rings (SSSR count). The summed E-state index contributed by atoms with van der Waals surface area (Å²) in [6.45, 7) is 0. The number of benzene rings is 1. The maximum absolute atomic E-state index is 13.9. The Bertz CT molecular complexity index is 1340. The second kappa shape index (κ2) is 9.41. The van der Waals surface area contributed by atoms with E-state index in [-0.39, 0.29) is 23.8 Å². The van der Waals surface area contributed by atoms with Gasteiger partial charge in [-0.15, -0.1) is 22.0 Å². The average molecular weight is 578 g/mol. The Morgan fingerprint density at radius 3 is 2.51 bits per heavy atom. The lowest BCUT2D eigenvalue weighted by atomic mass is 9.68. The molecular formula is C23H18Cl3F3N4S2. The molecule has 1 fully saturated rings. The number of nitrogens with zero attached hydrogens (tertiary/aromatic N) is 4. The lowest BCUT2D eigenvalue weighted by Gasteiger charge is -2.40. The fourth-order valence-corrected chi connectivity index (χ4v) is 6.97. The highest BCUT2D eigenvalue weighted by Gasteiger charge is 2.61. The van der Waals surface area contributed by atoms with Gasteiger partial charge in [0.2, 0.25) is 0 Å². The lowest BCUT2D eigenvalue weighted by Crippen LogP contribution is -2.47. The number of aromatic nitrogens is 4. The summed E-state index contributed by atoms with van der Waals surface area (Å²) in [6, 6.07) is 5.11. The maximum Gasteiger partial charge on any atom is 0.400 e. The first-order valence-electron chi connectivity index (χ1n) is 10.7. The molecule has 2 heterocycles. The van der Waals surface area contributed by atoms with Crippen LogP contribution in [0.2, 0.25) is 10.0 Å². The van der Waals surface area contributed by atoms with Crippen molar-refractivity contribution in [2.75, 3.05) is 6.26 Å². The molecule has 0 radical (unpaired) electrons. The van der Waals surface area contributed by atoms with Gasteiger partial charge in [0.1, 0.15) is 16.1 Å². The Morgan fingerprint density at radius 1 is 1.17 bits per heavy atom. The number of rotatable bonds is 5. The Hall–Kier alpha value is -1.52. The van der Waals surface area contributed by atoms with Gasteiger partial charge in [-0.2, -0.15) is 18.3 Å². The smallest absolute Gasteiger partial charge is 0.234 e. The van der Waals surface area contributed by atoms with Gasteiger partial charge >= 0.3 is 6.18 Å². The van der Waals surface area contributed by atoms with Crippen molar-refractivity contribution in [1.82, 2.24) is 20.0 Å². The largest absolute Gasteiger partial charge is 0.400 e. The summed E-state index contributed by atoms with van der Waals surface area (Å²) in [5.74, 6) is -0.0755. The SMILES string of the molecule is CSc1c(-c2nnc(C3(C(F)(F)F)CCC3)s2)nn(-c2ccc(Cl)cc2Cl)c1C1C=CC(Cl)=CC1. The number of allylic oxidation sites excluding steroid dienone is 4. The zero-order valence-corrected chi connectivity index (χ0v) is 22.1. The van der Waals surface area contributed by atoms with E-state index in [4.69, 9.17) is 39.9 Å². The summed E-state index contributed by atoms with van der Waals surface area (Å²) in [6.07, 6.45) is 4.47. The van der Waals surface area contributed by atoms with Crippen molar-refractivity contribution in [1.29, 1.82) is 0 Å². The summed E-state index contributed by atoms with van der Waals surface area (Å²) in [5.41, 5.74) is 0.0190. The van der Waals surface area contributed by atoms with Gasteiger partial charge in [0, 0.05) is 16.0 Å². The van der Waals surface area contributed by atoms with E-state index in [1.165, 1.54) is 11.8 Å². The zero-order valence-electron chi connectivity index (χ0n) is 18.2. The monoisotopic (exact) mass is 576 g/mol. The quantitative estimate of drug-likeness (QED) is 0.285. The Morgan fingerprint density at radius 2 is 1.94 bits per heavy atom. The van der Waals surface area contributed by atoms with Crippen molar-refractivity contribution < 1.29 is 13.2 Å². The molecule has 1 saturated carbocycles. The van der Waals surface area contributed by atoms with E-state index in [1.807, 2.05) is 24.5 Å². The third-order valence-electron chi connectivity index (χ3n) is 6.41. The fourth-order valence-electron chi connectivity index (χ4n) is 4.38. The zero-order chi connectivity index (χ0) is 25.0. The normalized spacial score (nSPS) is 19.5. The van der Waals surface area contributed by atoms with Crippen LogP contribution in [0, 0.1) is 0 Å². The first-order chi connectivity index (χ1) is 16.6. The van der Waals surface area contributed by atoms with Crippen molar-refractivity contribution in [3.8, 4) is 16.4 Å². The van der Waals surface area contributed by atoms with Crippen molar-refractivity contribution in [2.45, 2.75) is 48.1 Å². The van der Waals surface area contributed by atoms with E-state index < -0.39 is 11.6 Å². The molecule has 1 atom stereocenters. The first kappa shape index (κ1) is 25.1. The van der Waals surface area contributed by atoms with Crippen LogP contribution in [-0.2, 0) is 5.41 Å². The van der Waals surface area contributed by atoms with Crippen LogP contribution in [0.4, 0.5) is 13.2 Å². The molecule has 1 aromatic carbocycles. The number of thioether (sulfide) groups is 1. The van der Waals surface area contributed by atoms with Crippen molar-refractivity contribution in [3.63, 3.8) is 0 Å². The molecule has 0 aliphatic heterocycles. The standard InChI is InChI=1S/C23H18Cl3F3N4S2/c1-34-19-17(20-30-31-21(35-20)22(9-2-10-22)23(27,28)29)32-33(16-8-7-14(25)11-15(16)26)18(19)12-3-5-13(24)6-4-12/h3,5-8,11-12H,2,4,9-10H2,1H3. The molecule has 0 spiro atoms. The molecule has 2 aliphatic carbocycles. The molecule has 0 amide bonds. The number of alkyl halides is 3. The number of hydrogen-bond acceptors (Lipinski definition) is 5. The van der Waals surface area contributed by atoms with Crippen LogP contribution in [0.3, 0.4) is 0 Å². The van der Waals surface area contributed by atoms with Gasteiger partial charge in [-0.3, -0.25) is 0 Å². The molecule has 0 bridgehead atoms. The molecule has 2 aliphatic rings. The van der Waals surface area contributed by atoms with Crippen LogP contribution in [0.15, 0.2) is 46.4 Å². The predicted molar refractivity (Wildman–Crippen MR) is 136 cm³/mol. The maximum atomic E-state index is 13.9. The topological polar surface area (TPSA) is 43.6 Å². The van der Waals surface area contributed by atoms with Crippen molar-refractivity contribution in [3.05, 3.63) is 62.2 Å². The molecular weight excluding hydrogens is 560 g/mol. The molecule has 35 heavy (non-hydrogen) atoms. The van der Waals surface area contributed by atoms with Gasteiger partial charge in [-0.05, 0) is 49.8 Å². The molecule has 3 aromatic rings. The van der Waals surface area contributed by atoms with E-state index in [1.54, 1.807) is 22.9 Å². The van der Waals surface area contributed by atoms with Gasteiger partial charge in [-0.25, -0.2) is 4.68 Å². The van der Waals surface area contributed by atoms with Crippen LogP contribution < -0.4 is 0 Å². The van der Waals surface area contributed by atoms with E-state index in [0.717, 1.165) is 21.9 Å². The van der Waals surface area contributed by atoms with Crippen LogP contribution >= 0.6 is 57.9 Å². The number of hydrogen-bond donors (Lipinski definition) is 0. The fraction of sp³-hybridized carbons (Fsp3) is 0.348. The minimum atomic E-state index is -4.37. The summed E-state index contributed by atoms with van der Waals surface area (Å²) in [5, 5.41) is 14.9. The third-order valence-corrected chi connectivity index (χ3v) is 9.17. The van der Waals surface area contributed by atoms with E-state index >= 15 is 0 Å². The Kier molecular flexibility index (Phi) is 6.76. The van der Waals surface area contributed by atoms with Gasteiger partial charge in [0.25, 0.3) is 0 Å². The van der Waals surface area contributed by atoms with Gasteiger partial charge in [0.05, 0.1) is 21.3 Å². The molecule has 4 nitrogen and oxygen atoms in total. The second-order valence-electron chi connectivity index (χ2n) is 8.41. The second-order valence-corrected chi connectivity index (χ2v) is 11.5. The Balaban J connectivity index is 1.67. The van der Waals surface area contributed by atoms with Gasteiger partial charge in [0.15, 0.2) is 5.01 Å². The summed E-state index contributed by atoms with van der Waals surface area (Å²) >= 11 is 21.2. The van der Waals surface area contributed by atoms with Crippen LogP contribution in [0.5, 0.6) is 0 Å². The molecule has 0 N–H and O–H groups in total. The van der Waals surface area contributed by atoms with E-state index in [0.29, 0.717) is 44.3 Å². The molecule has 184 valence electrons. The van der Waals surface area contributed by atoms with Gasteiger partial charge in [-0.1, -0.05) is 64.7 Å². The minimum Gasteiger partial charge on any atom is -0.234 e. The lowest BCUT2D eigenvalue weighted by molar-refractivity contribution is -0.212. The van der Waals surface area contributed by atoms with Crippen LogP contribution in [-0.4, -0.2) is 32.4 Å². The minimum absolute atomic E-state index is 0.00814. The third kappa shape index (κ3) is 4.33. The van der Waals surface area contributed by atoms with E-state index in [9.17, 15) is 13.2 Å². The van der Waals surface area contributed by atoms with Crippen molar-refractivity contribution >= 4 is 57.9 Å². The van der Waals surface area contributed by atoms with Crippen LogP contribution in [0.25, 0.3) is 16.4 Å². The summed E-state index contributed by atoms with van der Waals surface area (Å²) in [4.78, 5) is 0.800. The highest BCUT2D eigenvalue weighted by Crippen LogP contribution is 2.56. The summed E-state index contributed by atoms with van der Waals surface area (Å²) in [7, 11) is 0. The molecule has 2 aromatic heterocycles. The molecule has 12 heteroatoms. The number of halogens is 6. The first-order valence-corrected chi connectivity index (χ1v) is 13.9. The summed E-state index contributed by atoms with van der Waals surface area (Å²) < 4.78 is 43.4. The van der Waals surface area contributed by atoms with Crippen molar-refractivity contribution in [2.24, 2.45) is 0 Å². The molecule has 1 unspecified atom stereocenters. The van der Waals surface area contributed by atoms with Gasteiger partial charge < -0.3 is 0 Å². The highest BCUT2D eigenvalue weighted by molar-refractivity contribution is 7.98. The molecule has 0 saturated heterocycles. The Labute approximate surface area is 223 Å². The van der Waals surface area contributed by atoms with Crippen LogP contribution in [0.1, 0.15) is 42.3 Å².